The largest absolute Gasteiger partial charge is 0.492 e. The van der Waals surface area contributed by atoms with Crippen molar-refractivity contribution in [1.82, 2.24) is 15.2 Å². The van der Waals surface area contributed by atoms with Gasteiger partial charge in [0.25, 0.3) is 5.91 Å². The number of nitrogens with one attached hydrogen (secondary N) is 1. The molecule has 2 aromatic rings. The van der Waals surface area contributed by atoms with E-state index in [1.54, 1.807) is 12.3 Å². The predicted octanol–water partition coefficient (Wildman–Crippen LogP) is 4.64. The molecule has 1 fully saturated rings. The van der Waals surface area contributed by atoms with Gasteiger partial charge in [-0.2, -0.15) is 0 Å². The molecule has 1 saturated carbocycles. The molecule has 32 heavy (non-hydrogen) atoms. The zero-order valence-corrected chi connectivity index (χ0v) is 19.8. The highest BCUT2D eigenvalue weighted by Gasteiger charge is 2.27. The minimum absolute atomic E-state index is 0.0156. The van der Waals surface area contributed by atoms with Crippen molar-refractivity contribution in [1.29, 1.82) is 0 Å². The van der Waals surface area contributed by atoms with Gasteiger partial charge >= 0.3 is 0 Å². The van der Waals surface area contributed by atoms with Gasteiger partial charge in [0, 0.05) is 19.6 Å². The third kappa shape index (κ3) is 6.10. The molecule has 1 aromatic carbocycles. The summed E-state index contributed by atoms with van der Waals surface area (Å²) >= 11 is 0. The Labute approximate surface area is 192 Å². The first kappa shape index (κ1) is 22.8. The van der Waals surface area contributed by atoms with E-state index in [2.05, 4.69) is 42.3 Å². The van der Waals surface area contributed by atoms with Crippen molar-refractivity contribution < 1.29 is 9.53 Å². The molecule has 0 aliphatic heterocycles. The van der Waals surface area contributed by atoms with Crippen molar-refractivity contribution in [3.8, 4) is 5.75 Å². The summed E-state index contributed by atoms with van der Waals surface area (Å²) in [7, 11) is 1.91. The second-order valence-electron chi connectivity index (χ2n) is 9.91. The van der Waals surface area contributed by atoms with Gasteiger partial charge in [-0.3, -0.25) is 4.79 Å². The fourth-order valence-electron chi connectivity index (χ4n) is 4.29. The molecule has 1 aromatic heterocycles. The van der Waals surface area contributed by atoms with Gasteiger partial charge in [0.1, 0.15) is 11.4 Å². The van der Waals surface area contributed by atoms with Gasteiger partial charge in [0.15, 0.2) is 0 Å². The van der Waals surface area contributed by atoms with E-state index in [0.29, 0.717) is 11.6 Å². The standard InChI is InChI=1S/C27H37N3O2/c1-19(2)12-13-28-16-21-6-7-23-15-24(9-8-22(23)14-21)30(3)27(31)26-11-10-25(17-29-26)32-18-20-4-5-20/h6-7,10-11,14,17,19-20,24,28H,4-5,8-9,12-13,15-16,18H2,1-3H3/t24-/m0/s1. The number of aromatic nitrogens is 1. The second kappa shape index (κ2) is 10.5. The van der Waals surface area contributed by atoms with Crippen LogP contribution in [0.4, 0.5) is 0 Å². The Bertz CT molecular complexity index is 906. The highest BCUT2D eigenvalue weighted by atomic mass is 16.5. The smallest absolute Gasteiger partial charge is 0.272 e. The molecule has 0 bridgehead atoms. The number of amides is 1. The van der Waals surface area contributed by atoms with Crippen molar-refractivity contribution in [3.05, 3.63) is 58.9 Å². The monoisotopic (exact) mass is 435 g/mol. The van der Waals surface area contributed by atoms with Crippen LogP contribution in [0.5, 0.6) is 5.75 Å². The third-order valence-electron chi connectivity index (χ3n) is 6.71. The summed E-state index contributed by atoms with van der Waals surface area (Å²) in [5.41, 5.74) is 4.63. The Hall–Kier alpha value is -2.40. The van der Waals surface area contributed by atoms with Crippen molar-refractivity contribution >= 4 is 5.91 Å². The maximum atomic E-state index is 13.0. The number of rotatable bonds is 10. The van der Waals surface area contributed by atoms with Gasteiger partial charge in [0.2, 0.25) is 0 Å². The Morgan fingerprint density at radius 3 is 2.75 bits per heavy atom. The molecule has 1 amide bonds. The van der Waals surface area contributed by atoms with E-state index in [1.807, 2.05) is 18.0 Å². The summed E-state index contributed by atoms with van der Waals surface area (Å²) in [6.07, 6.45) is 8.31. The van der Waals surface area contributed by atoms with Crippen LogP contribution in [-0.2, 0) is 19.4 Å². The summed E-state index contributed by atoms with van der Waals surface area (Å²) in [4.78, 5) is 19.3. The highest BCUT2D eigenvalue weighted by molar-refractivity contribution is 5.92. The molecule has 1 atom stereocenters. The SMILES string of the molecule is CC(C)CCNCc1ccc2c(c1)CC[C@H](N(C)C(=O)c1ccc(OCC3CC3)cn1)C2. The lowest BCUT2D eigenvalue weighted by Gasteiger charge is -2.32. The first-order valence-electron chi connectivity index (χ1n) is 12.2. The Morgan fingerprint density at radius 1 is 1.19 bits per heavy atom. The lowest BCUT2D eigenvalue weighted by molar-refractivity contribution is 0.0713. The molecule has 2 aliphatic carbocycles. The lowest BCUT2D eigenvalue weighted by Crippen LogP contribution is -2.41. The van der Waals surface area contributed by atoms with E-state index < -0.39 is 0 Å². The predicted molar refractivity (Wildman–Crippen MR) is 128 cm³/mol. The van der Waals surface area contributed by atoms with E-state index in [1.165, 1.54) is 36.0 Å². The number of carbonyl (C=O) groups is 1. The minimum atomic E-state index is -0.0156. The van der Waals surface area contributed by atoms with Gasteiger partial charge in [0.05, 0.1) is 12.8 Å². The molecule has 0 spiro atoms. The van der Waals surface area contributed by atoms with E-state index in [9.17, 15) is 4.79 Å². The van der Waals surface area contributed by atoms with Gasteiger partial charge < -0.3 is 15.0 Å². The van der Waals surface area contributed by atoms with Crippen LogP contribution in [-0.4, -0.2) is 42.0 Å². The Balaban J connectivity index is 1.30. The molecule has 172 valence electrons. The van der Waals surface area contributed by atoms with E-state index in [0.717, 1.165) is 50.6 Å². The number of likely N-dealkylation sites (N-methyl/N-ethyl adjacent to an activating group) is 1. The maximum absolute atomic E-state index is 13.0. The molecule has 4 rings (SSSR count). The average molecular weight is 436 g/mol. The molecule has 5 heteroatoms. The average Bonchev–Trinajstić information content (AvgIpc) is 3.64. The first-order chi connectivity index (χ1) is 15.5. The summed E-state index contributed by atoms with van der Waals surface area (Å²) < 4.78 is 5.74. The van der Waals surface area contributed by atoms with Crippen LogP contribution in [0.3, 0.4) is 0 Å². The number of carbonyl (C=O) groups excluding carboxylic acids is 1. The molecule has 5 nitrogen and oxygen atoms in total. The molecule has 0 unspecified atom stereocenters. The van der Waals surface area contributed by atoms with Crippen LogP contribution in [0.1, 0.15) is 66.7 Å². The van der Waals surface area contributed by atoms with Gasteiger partial charge in [-0.25, -0.2) is 4.98 Å². The summed E-state index contributed by atoms with van der Waals surface area (Å²) in [6.45, 7) is 7.26. The molecule has 2 aliphatic rings. The van der Waals surface area contributed by atoms with E-state index >= 15 is 0 Å². The van der Waals surface area contributed by atoms with Gasteiger partial charge in [-0.05, 0) is 85.7 Å². The molecule has 1 heterocycles. The van der Waals surface area contributed by atoms with Gasteiger partial charge in [-0.15, -0.1) is 0 Å². The van der Waals surface area contributed by atoms with Gasteiger partial charge in [-0.1, -0.05) is 32.0 Å². The van der Waals surface area contributed by atoms with Crippen LogP contribution < -0.4 is 10.1 Å². The quantitative estimate of drug-likeness (QED) is 0.553. The summed E-state index contributed by atoms with van der Waals surface area (Å²) in [6, 6.07) is 10.7. The number of hydrogen-bond donors (Lipinski definition) is 1. The fraction of sp³-hybridized carbons (Fsp3) is 0.556. The fourth-order valence-corrected chi connectivity index (χ4v) is 4.29. The summed E-state index contributed by atoms with van der Waals surface area (Å²) in [5.74, 6) is 2.17. The zero-order valence-electron chi connectivity index (χ0n) is 19.8. The highest BCUT2D eigenvalue weighted by Crippen LogP contribution is 2.29. The van der Waals surface area contributed by atoms with Crippen molar-refractivity contribution in [2.45, 2.75) is 65.0 Å². The Morgan fingerprint density at radius 2 is 2.03 bits per heavy atom. The molecular formula is C27H37N3O2. The second-order valence-corrected chi connectivity index (χ2v) is 9.91. The third-order valence-corrected chi connectivity index (χ3v) is 6.71. The molecule has 1 N–H and O–H groups in total. The minimum Gasteiger partial charge on any atom is -0.492 e. The van der Waals surface area contributed by atoms with E-state index in [4.69, 9.17) is 4.74 Å². The van der Waals surface area contributed by atoms with Crippen LogP contribution in [0.15, 0.2) is 36.5 Å². The van der Waals surface area contributed by atoms with Crippen molar-refractivity contribution in [2.75, 3.05) is 20.2 Å². The number of ether oxygens (including phenoxy) is 1. The lowest BCUT2D eigenvalue weighted by atomic mass is 9.86. The van der Waals surface area contributed by atoms with Crippen molar-refractivity contribution in [3.63, 3.8) is 0 Å². The number of fused-ring (bicyclic) bond motifs is 1. The van der Waals surface area contributed by atoms with Crippen molar-refractivity contribution in [2.24, 2.45) is 11.8 Å². The number of nitrogens with zero attached hydrogens (tertiary/aromatic N) is 2. The Kier molecular flexibility index (Phi) is 7.46. The summed E-state index contributed by atoms with van der Waals surface area (Å²) in [5, 5.41) is 3.55. The number of aryl methyl sites for hydroxylation is 1. The number of benzene rings is 1. The van der Waals surface area contributed by atoms with Crippen LogP contribution >= 0.6 is 0 Å². The maximum Gasteiger partial charge on any atom is 0.272 e. The number of pyridine rings is 1. The molecular weight excluding hydrogens is 398 g/mol. The van der Waals surface area contributed by atoms with Crippen LogP contribution in [0.25, 0.3) is 0 Å². The first-order valence-corrected chi connectivity index (χ1v) is 12.2. The molecule has 0 saturated heterocycles. The number of hydrogen-bond acceptors (Lipinski definition) is 4. The molecule has 0 radical (unpaired) electrons. The normalized spacial score (nSPS) is 17.8. The van der Waals surface area contributed by atoms with E-state index in [-0.39, 0.29) is 11.9 Å². The van der Waals surface area contributed by atoms with Crippen LogP contribution in [0, 0.1) is 11.8 Å². The van der Waals surface area contributed by atoms with Crippen LogP contribution in [0.2, 0.25) is 0 Å². The topological polar surface area (TPSA) is 54.5 Å². The zero-order chi connectivity index (χ0) is 22.5.